The predicted octanol–water partition coefficient (Wildman–Crippen LogP) is 0.913. The highest BCUT2D eigenvalue weighted by Crippen LogP contribution is 2.04. The summed E-state index contributed by atoms with van der Waals surface area (Å²) in [6.45, 7) is 8.78. The topological polar surface area (TPSA) is 84.9 Å². The maximum absolute atomic E-state index is 11.4. The van der Waals surface area contributed by atoms with Crippen LogP contribution in [0, 0.1) is 0 Å². The van der Waals surface area contributed by atoms with E-state index in [9.17, 15) is 9.59 Å². The minimum absolute atomic E-state index is 0.116. The molecule has 1 amide bonds. The summed E-state index contributed by atoms with van der Waals surface area (Å²) in [6.07, 6.45) is 1.52. The fraction of sp³-hybridized carbons (Fsp3) is 0.571. The van der Waals surface area contributed by atoms with Crippen molar-refractivity contribution in [1.82, 2.24) is 5.32 Å². The molecule has 0 spiro atoms. The van der Waals surface area contributed by atoms with Gasteiger partial charge in [0.2, 0.25) is 5.91 Å². The van der Waals surface area contributed by atoms with Gasteiger partial charge in [0.05, 0.1) is 12.9 Å². The first-order valence-corrected chi connectivity index (χ1v) is 6.46. The van der Waals surface area contributed by atoms with Gasteiger partial charge in [0, 0.05) is 17.7 Å². The number of aliphatic hydroxyl groups excluding tert-OH is 1. The van der Waals surface area contributed by atoms with Crippen LogP contribution in [0.1, 0.15) is 27.2 Å². The molecule has 0 aromatic heterocycles. The Labute approximate surface area is 119 Å². The smallest absolute Gasteiger partial charge is 0.333 e. The molecular weight excluding hydrogens is 262 g/mol. The van der Waals surface area contributed by atoms with Crippen molar-refractivity contribution >= 4 is 11.9 Å². The van der Waals surface area contributed by atoms with E-state index in [1.165, 1.54) is 6.26 Å². The summed E-state index contributed by atoms with van der Waals surface area (Å²) in [7, 11) is 0. The fourth-order valence-electron chi connectivity index (χ4n) is 1.13. The van der Waals surface area contributed by atoms with Crippen LogP contribution in [-0.4, -0.2) is 42.8 Å². The van der Waals surface area contributed by atoms with Crippen LogP contribution in [0.25, 0.3) is 0 Å². The molecule has 0 aliphatic heterocycles. The van der Waals surface area contributed by atoms with Gasteiger partial charge in [-0.15, -0.1) is 0 Å². The van der Waals surface area contributed by atoms with Crippen LogP contribution in [0.15, 0.2) is 24.0 Å². The largest absolute Gasteiger partial charge is 0.497 e. The van der Waals surface area contributed by atoms with E-state index < -0.39 is 5.97 Å². The number of nitrogens with one attached hydrogen (secondary N) is 1. The Kier molecular flexibility index (Phi) is 9.11. The van der Waals surface area contributed by atoms with E-state index in [0.717, 1.165) is 0 Å². The van der Waals surface area contributed by atoms with E-state index in [0.29, 0.717) is 17.6 Å². The molecule has 0 saturated carbocycles. The maximum Gasteiger partial charge on any atom is 0.333 e. The third kappa shape index (κ3) is 7.58. The molecule has 1 atom stereocenters. The van der Waals surface area contributed by atoms with Crippen LogP contribution in [0.4, 0.5) is 0 Å². The van der Waals surface area contributed by atoms with Crippen LogP contribution < -0.4 is 5.32 Å². The van der Waals surface area contributed by atoms with Gasteiger partial charge in [-0.25, -0.2) is 4.79 Å². The number of hydrogen-bond acceptors (Lipinski definition) is 5. The number of carbonyl (C=O) groups is 2. The monoisotopic (exact) mass is 285 g/mol. The molecule has 0 aliphatic carbocycles. The van der Waals surface area contributed by atoms with Gasteiger partial charge >= 0.3 is 5.97 Å². The number of amides is 1. The van der Waals surface area contributed by atoms with E-state index in [-0.39, 0.29) is 31.8 Å². The Morgan fingerprint density at radius 2 is 2.05 bits per heavy atom. The van der Waals surface area contributed by atoms with Gasteiger partial charge < -0.3 is 19.9 Å². The highest BCUT2D eigenvalue weighted by atomic mass is 16.6. The molecule has 0 aromatic rings. The third-order valence-electron chi connectivity index (χ3n) is 2.38. The second-order valence-electron chi connectivity index (χ2n) is 4.33. The molecule has 20 heavy (non-hydrogen) atoms. The van der Waals surface area contributed by atoms with E-state index >= 15 is 0 Å². The van der Waals surface area contributed by atoms with Crippen molar-refractivity contribution in [1.29, 1.82) is 0 Å². The Morgan fingerprint density at radius 3 is 2.55 bits per heavy atom. The fourth-order valence-corrected chi connectivity index (χ4v) is 1.13. The molecule has 0 aromatic carbocycles. The quantitative estimate of drug-likeness (QED) is 0.374. The zero-order valence-electron chi connectivity index (χ0n) is 12.3. The maximum atomic E-state index is 11.4. The highest BCUT2D eigenvalue weighted by Gasteiger charge is 2.13. The van der Waals surface area contributed by atoms with Crippen LogP contribution >= 0.6 is 0 Å². The van der Waals surface area contributed by atoms with Gasteiger partial charge in [0.15, 0.2) is 0 Å². The molecule has 0 bridgehead atoms. The SMILES string of the molecule is C=C(C)C(=O)OC(CC)CO/C=C(\C)C(=O)NCCO. The van der Waals surface area contributed by atoms with Gasteiger partial charge in [-0.2, -0.15) is 0 Å². The average molecular weight is 285 g/mol. The highest BCUT2D eigenvalue weighted by molar-refractivity contribution is 5.92. The predicted molar refractivity (Wildman–Crippen MR) is 74.8 cm³/mol. The molecule has 0 aliphatic rings. The van der Waals surface area contributed by atoms with Crippen molar-refractivity contribution in [3.63, 3.8) is 0 Å². The van der Waals surface area contributed by atoms with Gasteiger partial charge in [0.1, 0.15) is 12.7 Å². The van der Waals surface area contributed by atoms with Crippen molar-refractivity contribution in [2.24, 2.45) is 0 Å². The first-order valence-electron chi connectivity index (χ1n) is 6.46. The first kappa shape index (κ1) is 18.2. The van der Waals surface area contributed by atoms with Crippen LogP contribution in [-0.2, 0) is 19.1 Å². The summed E-state index contributed by atoms with van der Waals surface area (Å²) in [5, 5.41) is 11.1. The molecule has 6 nitrogen and oxygen atoms in total. The molecule has 0 heterocycles. The zero-order chi connectivity index (χ0) is 15.5. The molecule has 1 unspecified atom stereocenters. The number of aliphatic hydroxyl groups is 1. The molecular formula is C14H23NO5. The van der Waals surface area contributed by atoms with Crippen molar-refractivity contribution < 1.29 is 24.2 Å². The van der Waals surface area contributed by atoms with E-state index in [2.05, 4.69) is 11.9 Å². The average Bonchev–Trinajstić information content (AvgIpc) is 2.42. The van der Waals surface area contributed by atoms with Gasteiger partial charge in [-0.3, -0.25) is 4.79 Å². The lowest BCUT2D eigenvalue weighted by Gasteiger charge is -2.15. The number of hydrogen-bond donors (Lipinski definition) is 2. The second kappa shape index (κ2) is 10.0. The molecule has 0 fully saturated rings. The third-order valence-corrected chi connectivity index (χ3v) is 2.38. The minimum atomic E-state index is -0.457. The zero-order valence-corrected chi connectivity index (χ0v) is 12.3. The summed E-state index contributed by atoms with van der Waals surface area (Å²) in [5.74, 6) is -0.770. The molecule has 0 radical (unpaired) electrons. The van der Waals surface area contributed by atoms with Gasteiger partial charge in [0.25, 0.3) is 0 Å². The summed E-state index contributed by atoms with van der Waals surface area (Å²) in [6, 6.07) is 0. The van der Waals surface area contributed by atoms with Crippen molar-refractivity contribution in [2.45, 2.75) is 33.3 Å². The summed E-state index contributed by atoms with van der Waals surface area (Å²) >= 11 is 0. The van der Waals surface area contributed by atoms with Crippen LogP contribution in [0.5, 0.6) is 0 Å². The Hall–Kier alpha value is -1.82. The number of rotatable bonds is 9. The molecule has 6 heteroatoms. The number of esters is 1. The van der Waals surface area contributed by atoms with E-state index in [1.54, 1.807) is 13.8 Å². The summed E-state index contributed by atoms with van der Waals surface area (Å²) in [4.78, 5) is 22.8. The molecule has 0 rings (SSSR count). The van der Waals surface area contributed by atoms with E-state index in [4.69, 9.17) is 14.6 Å². The molecule has 114 valence electrons. The lowest BCUT2D eigenvalue weighted by molar-refractivity contribution is -0.146. The van der Waals surface area contributed by atoms with Crippen LogP contribution in [0.2, 0.25) is 0 Å². The Morgan fingerprint density at radius 1 is 1.40 bits per heavy atom. The van der Waals surface area contributed by atoms with Crippen molar-refractivity contribution in [3.8, 4) is 0 Å². The number of carbonyl (C=O) groups excluding carboxylic acids is 2. The normalized spacial score (nSPS) is 12.5. The van der Waals surface area contributed by atoms with Gasteiger partial charge in [-0.1, -0.05) is 13.5 Å². The lowest BCUT2D eigenvalue weighted by Crippen LogP contribution is -2.27. The second-order valence-corrected chi connectivity index (χ2v) is 4.33. The van der Waals surface area contributed by atoms with Crippen molar-refractivity contribution in [3.05, 3.63) is 24.0 Å². The Bertz CT molecular complexity index is 376. The minimum Gasteiger partial charge on any atom is -0.497 e. The molecule has 2 N–H and O–H groups in total. The van der Waals surface area contributed by atoms with Crippen molar-refractivity contribution in [2.75, 3.05) is 19.8 Å². The first-order chi connectivity index (χ1) is 9.42. The van der Waals surface area contributed by atoms with E-state index in [1.807, 2.05) is 6.92 Å². The van der Waals surface area contributed by atoms with Crippen LogP contribution in [0.3, 0.4) is 0 Å². The summed E-state index contributed by atoms with van der Waals surface area (Å²) in [5.41, 5.74) is 0.707. The lowest BCUT2D eigenvalue weighted by atomic mass is 10.3. The summed E-state index contributed by atoms with van der Waals surface area (Å²) < 4.78 is 10.4. The number of ether oxygens (including phenoxy) is 2. The molecule has 0 saturated heterocycles. The standard InChI is InChI=1S/C14H23NO5/c1-5-12(20-14(18)10(2)3)9-19-8-11(4)13(17)15-6-7-16/h8,12,16H,2,5-7,9H2,1,3-4H3,(H,15,17)/b11-8+. The van der Waals surface area contributed by atoms with Gasteiger partial charge in [-0.05, 0) is 20.3 Å². The Balaban J connectivity index is 4.20.